The molecule has 0 spiro atoms. The molecule has 17 heavy (non-hydrogen) atoms. The summed E-state index contributed by atoms with van der Waals surface area (Å²) < 4.78 is 0. The van der Waals surface area contributed by atoms with Crippen molar-refractivity contribution in [3.8, 4) is 0 Å². The summed E-state index contributed by atoms with van der Waals surface area (Å²) in [7, 11) is 0. The molecule has 0 aromatic rings. The zero-order valence-electron chi connectivity index (χ0n) is 11.3. The van der Waals surface area contributed by atoms with Crippen molar-refractivity contribution >= 4 is 0 Å². The van der Waals surface area contributed by atoms with Crippen LogP contribution in [-0.4, -0.2) is 36.1 Å². The summed E-state index contributed by atoms with van der Waals surface area (Å²) in [5, 5.41) is 3.83. The number of rotatable bonds is 3. The van der Waals surface area contributed by atoms with E-state index in [-0.39, 0.29) is 0 Å². The Bertz CT molecular complexity index is 249. The highest BCUT2D eigenvalue weighted by Crippen LogP contribution is 2.29. The van der Waals surface area contributed by atoms with Crippen LogP contribution in [0.2, 0.25) is 0 Å². The Morgan fingerprint density at radius 2 is 1.82 bits per heavy atom. The summed E-state index contributed by atoms with van der Waals surface area (Å²) in [6, 6.07) is 2.58. The fraction of sp³-hybridized carbons (Fsp3) is 1.00. The minimum absolute atomic E-state index is 0.800. The molecule has 0 aromatic heterocycles. The van der Waals surface area contributed by atoms with Gasteiger partial charge in [0.25, 0.3) is 0 Å². The molecule has 3 fully saturated rings. The number of hydrogen-bond donors (Lipinski definition) is 1. The molecule has 3 aliphatic rings. The third kappa shape index (κ3) is 3.23. The average molecular weight is 236 g/mol. The van der Waals surface area contributed by atoms with Gasteiger partial charge in [0.1, 0.15) is 0 Å². The molecule has 3 rings (SSSR count). The van der Waals surface area contributed by atoms with E-state index in [4.69, 9.17) is 0 Å². The summed E-state index contributed by atoms with van der Waals surface area (Å²) in [6.07, 6.45) is 11.5. The first kappa shape index (κ1) is 12.0. The highest BCUT2D eigenvalue weighted by atomic mass is 15.2. The molecular weight excluding hydrogens is 208 g/mol. The summed E-state index contributed by atoms with van der Waals surface area (Å²) in [5.74, 6) is 0.963. The SMILES string of the molecule is CC1CCCC(N2CCCC(NC3CC3)C2)C1. The van der Waals surface area contributed by atoms with E-state index in [1.807, 2.05) is 0 Å². The molecule has 3 unspecified atom stereocenters. The van der Waals surface area contributed by atoms with Crippen LogP contribution >= 0.6 is 0 Å². The zero-order valence-corrected chi connectivity index (χ0v) is 11.3. The molecule has 2 heteroatoms. The van der Waals surface area contributed by atoms with Crippen LogP contribution in [0.5, 0.6) is 0 Å². The van der Waals surface area contributed by atoms with Gasteiger partial charge in [0.2, 0.25) is 0 Å². The molecule has 3 atom stereocenters. The maximum absolute atomic E-state index is 3.83. The quantitative estimate of drug-likeness (QED) is 0.810. The summed E-state index contributed by atoms with van der Waals surface area (Å²) in [6.45, 7) is 5.13. The van der Waals surface area contributed by atoms with E-state index in [2.05, 4.69) is 17.1 Å². The Hall–Kier alpha value is -0.0800. The minimum Gasteiger partial charge on any atom is -0.310 e. The second-order valence-electron chi connectivity index (χ2n) is 6.70. The summed E-state index contributed by atoms with van der Waals surface area (Å²) in [5.41, 5.74) is 0. The number of hydrogen-bond acceptors (Lipinski definition) is 2. The topological polar surface area (TPSA) is 15.3 Å². The van der Waals surface area contributed by atoms with E-state index >= 15 is 0 Å². The monoisotopic (exact) mass is 236 g/mol. The van der Waals surface area contributed by atoms with Gasteiger partial charge in [0, 0.05) is 24.7 Å². The van der Waals surface area contributed by atoms with Gasteiger partial charge in [-0.2, -0.15) is 0 Å². The first-order valence-corrected chi connectivity index (χ1v) is 7.81. The molecule has 2 nitrogen and oxygen atoms in total. The van der Waals surface area contributed by atoms with Crippen LogP contribution in [0.15, 0.2) is 0 Å². The Kier molecular flexibility index (Phi) is 3.72. The Morgan fingerprint density at radius 1 is 0.941 bits per heavy atom. The summed E-state index contributed by atoms with van der Waals surface area (Å²) in [4.78, 5) is 2.80. The van der Waals surface area contributed by atoms with E-state index in [1.165, 1.54) is 64.5 Å². The lowest BCUT2D eigenvalue weighted by Crippen LogP contribution is -2.51. The second-order valence-corrected chi connectivity index (χ2v) is 6.70. The van der Waals surface area contributed by atoms with Gasteiger partial charge in [-0.15, -0.1) is 0 Å². The van der Waals surface area contributed by atoms with Crippen LogP contribution in [0.4, 0.5) is 0 Å². The fourth-order valence-electron chi connectivity index (χ4n) is 3.79. The molecule has 1 N–H and O–H groups in total. The molecule has 1 heterocycles. The molecule has 0 radical (unpaired) electrons. The number of piperidine rings is 1. The maximum Gasteiger partial charge on any atom is 0.0198 e. The van der Waals surface area contributed by atoms with E-state index < -0.39 is 0 Å². The van der Waals surface area contributed by atoms with Crippen LogP contribution in [0.25, 0.3) is 0 Å². The predicted octanol–water partition coefficient (Wildman–Crippen LogP) is 2.78. The molecular formula is C15H28N2. The normalized spacial score (nSPS) is 40.4. The van der Waals surface area contributed by atoms with Crippen molar-refractivity contribution in [3.05, 3.63) is 0 Å². The standard InChI is InChI=1S/C15H28N2/c1-12-4-2-6-15(10-12)17-9-3-5-14(11-17)16-13-7-8-13/h12-16H,2-11H2,1H3. The van der Waals surface area contributed by atoms with Gasteiger partial charge < -0.3 is 5.32 Å². The van der Waals surface area contributed by atoms with Crippen molar-refractivity contribution in [3.63, 3.8) is 0 Å². The van der Waals surface area contributed by atoms with Crippen LogP contribution in [-0.2, 0) is 0 Å². The third-order valence-corrected chi connectivity index (χ3v) is 4.93. The van der Waals surface area contributed by atoms with Crippen molar-refractivity contribution in [2.24, 2.45) is 5.92 Å². The Morgan fingerprint density at radius 3 is 2.59 bits per heavy atom. The molecule has 0 aromatic carbocycles. The third-order valence-electron chi connectivity index (χ3n) is 4.93. The minimum atomic E-state index is 0.800. The van der Waals surface area contributed by atoms with Crippen molar-refractivity contribution < 1.29 is 0 Å². The van der Waals surface area contributed by atoms with Crippen LogP contribution in [0.3, 0.4) is 0 Å². The number of likely N-dealkylation sites (tertiary alicyclic amines) is 1. The predicted molar refractivity (Wildman–Crippen MR) is 72.2 cm³/mol. The molecule has 0 amide bonds. The molecule has 2 aliphatic carbocycles. The highest BCUT2D eigenvalue weighted by Gasteiger charge is 2.31. The molecule has 1 aliphatic heterocycles. The summed E-state index contributed by atoms with van der Waals surface area (Å²) >= 11 is 0. The van der Waals surface area contributed by atoms with E-state index in [0.29, 0.717) is 0 Å². The smallest absolute Gasteiger partial charge is 0.0198 e. The van der Waals surface area contributed by atoms with Crippen LogP contribution in [0.1, 0.15) is 58.3 Å². The first-order valence-electron chi connectivity index (χ1n) is 7.81. The molecule has 0 bridgehead atoms. The molecule has 98 valence electrons. The van der Waals surface area contributed by atoms with Gasteiger partial charge in [0.15, 0.2) is 0 Å². The maximum atomic E-state index is 3.83. The Labute approximate surface area is 106 Å². The first-order chi connectivity index (χ1) is 8.31. The van der Waals surface area contributed by atoms with Gasteiger partial charge in [-0.3, -0.25) is 4.90 Å². The zero-order chi connectivity index (χ0) is 11.7. The number of nitrogens with zero attached hydrogens (tertiary/aromatic N) is 1. The largest absolute Gasteiger partial charge is 0.310 e. The average Bonchev–Trinajstić information content (AvgIpc) is 3.13. The lowest BCUT2D eigenvalue weighted by molar-refractivity contribution is 0.0951. The van der Waals surface area contributed by atoms with Crippen LogP contribution in [0, 0.1) is 5.92 Å². The Balaban J connectivity index is 1.51. The van der Waals surface area contributed by atoms with Crippen molar-refractivity contribution in [2.75, 3.05) is 13.1 Å². The highest BCUT2D eigenvalue weighted by molar-refractivity contribution is 4.90. The van der Waals surface area contributed by atoms with Gasteiger partial charge in [-0.05, 0) is 51.0 Å². The van der Waals surface area contributed by atoms with Gasteiger partial charge in [-0.25, -0.2) is 0 Å². The van der Waals surface area contributed by atoms with E-state index in [0.717, 1.165) is 24.0 Å². The van der Waals surface area contributed by atoms with E-state index in [1.54, 1.807) is 0 Å². The van der Waals surface area contributed by atoms with Gasteiger partial charge in [-0.1, -0.05) is 19.8 Å². The molecule has 2 saturated carbocycles. The molecule has 1 saturated heterocycles. The lowest BCUT2D eigenvalue weighted by atomic mass is 9.85. The fourth-order valence-corrected chi connectivity index (χ4v) is 3.79. The van der Waals surface area contributed by atoms with E-state index in [9.17, 15) is 0 Å². The number of nitrogens with one attached hydrogen (secondary N) is 1. The van der Waals surface area contributed by atoms with Gasteiger partial charge in [0.05, 0.1) is 0 Å². The van der Waals surface area contributed by atoms with Crippen molar-refractivity contribution in [1.82, 2.24) is 10.2 Å². The van der Waals surface area contributed by atoms with Crippen molar-refractivity contribution in [1.29, 1.82) is 0 Å². The van der Waals surface area contributed by atoms with Crippen molar-refractivity contribution in [2.45, 2.75) is 76.4 Å². The second kappa shape index (κ2) is 5.27. The van der Waals surface area contributed by atoms with Crippen LogP contribution < -0.4 is 5.32 Å². The lowest BCUT2D eigenvalue weighted by Gasteiger charge is -2.41. The van der Waals surface area contributed by atoms with Gasteiger partial charge >= 0.3 is 0 Å².